The van der Waals surface area contributed by atoms with Gasteiger partial charge in [0.1, 0.15) is 16.7 Å². The number of hydrogen-bond acceptors (Lipinski definition) is 4. The number of nitrogens with zero attached hydrogens (tertiary/aromatic N) is 4. The smallest absolute Gasteiger partial charge is 0.365 e. The molecule has 0 saturated carbocycles. The minimum Gasteiger partial charge on any atom is -0.365 e. The summed E-state index contributed by atoms with van der Waals surface area (Å²) in [6.07, 6.45) is -2.12. The molecule has 0 aliphatic carbocycles. The third-order valence-corrected chi connectivity index (χ3v) is 4.01. The van der Waals surface area contributed by atoms with E-state index in [1.165, 1.54) is 17.8 Å². The van der Waals surface area contributed by atoms with E-state index in [4.69, 9.17) is 23.2 Å². The average Bonchev–Trinajstić information content (AvgIpc) is 2.98. The number of hydrogen-bond donors (Lipinski definition) is 1. The van der Waals surface area contributed by atoms with Crippen molar-refractivity contribution in [3.05, 3.63) is 58.2 Å². The first-order valence-electron chi connectivity index (χ1n) is 7.36. The number of aromatic nitrogens is 4. The number of aryl methyl sites for hydroxylation is 1. The van der Waals surface area contributed by atoms with Crippen LogP contribution in [0.15, 0.2) is 36.7 Å². The van der Waals surface area contributed by atoms with E-state index in [-0.39, 0.29) is 11.1 Å². The van der Waals surface area contributed by atoms with Gasteiger partial charge in [-0.2, -0.15) is 18.2 Å². The van der Waals surface area contributed by atoms with Gasteiger partial charge in [-0.05, 0) is 17.2 Å². The minimum absolute atomic E-state index is 0.0718. The Labute approximate surface area is 156 Å². The molecule has 1 N–H and O–H groups in total. The first-order chi connectivity index (χ1) is 12.2. The van der Waals surface area contributed by atoms with Crippen LogP contribution in [0, 0.1) is 0 Å². The molecular weight excluding hydrogens is 390 g/mol. The third kappa shape index (κ3) is 4.08. The van der Waals surface area contributed by atoms with Gasteiger partial charge in [0, 0.05) is 25.4 Å². The maximum absolute atomic E-state index is 12.8. The molecule has 0 atom stereocenters. The molecule has 136 valence electrons. The van der Waals surface area contributed by atoms with Crippen LogP contribution in [-0.2, 0) is 19.8 Å². The van der Waals surface area contributed by atoms with Crippen molar-refractivity contribution in [2.45, 2.75) is 12.7 Å². The SMILES string of the molecule is Cn1cc(C(F)(F)F)nc1-c1ccc(CNc2nc(Cl)ncc2Cl)cc1. The van der Waals surface area contributed by atoms with E-state index in [0.717, 1.165) is 11.8 Å². The molecule has 0 fully saturated rings. The predicted octanol–water partition coefficient (Wildman–Crippen LogP) is 4.81. The van der Waals surface area contributed by atoms with Crippen LogP contribution in [0.25, 0.3) is 11.4 Å². The summed E-state index contributed by atoms with van der Waals surface area (Å²) in [5.74, 6) is 0.636. The fraction of sp³-hybridized carbons (Fsp3) is 0.188. The summed E-state index contributed by atoms with van der Waals surface area (Å²) in [6, 6.07) is 6.96. The van der Waals surface area contributed by atoms with Crippen molar-refractivity contribution in [3.63, 3.8) is 0 Å². The van der Waals surface area contributed by atoms with Gasteiger partial charge in [-0.15, -0.1) is 0 Å². The quantitative estimate of drug-likeness (QED) is 0.637. The Hall–Kier alpha value is -2.32. The van der Waals surface area contributed by atoms with E-state index in [0.29, 0.717) is 22.9 Å². The fourth-order valence-electron chi connectivity index (χ4n) is 2.30. The van der Waals surface area contributed by atoms with Crippen LogP contribution in [0.1, 0.15) is 11.3 Å². The fourth-order valence-corrected chi connectivity index (χ4v) is 2.59. The van der Waals surface area contributed by atoms with Gasteiger partial charge >= 0.3 is 6.18 Å². The van der Waals surface area contributed by atoms with Gasteiger partial charge in [-0.1, -0.05) is 35.9 Å². The molecule has 2 heterocycles. The van der Waals surface area contributed by atoms with Gasteiger partial charge < -0.3 is 9.88 Å². The van der Waals surface area contributed by atoms with Crippen molar-refractivity contribution in [2.24, 2.45) is 7.05 Å². The number of alkyl halides is 3. The molecule has 3 rings (SSSR count). The highest BCUT2D eigenvalue weighted by Crippen LogP contribution is 2.30. The maximum Gasteiger partial charge on any atom is 0.434 e. The predicted molar refractivity (Wildman–Crippen MR) is 93.0 cm³/mol. The van der Waals surface area contributed by atoms with Gasteiger partial charge in [0.15, 0.2) is 5.69 Å². The third-order valence-electron chi connectivity index (χ3n) is 3.55. The monoisotopic (exact) mass is 401 g/mol. The largest absolute Gasteiger partial charge is 0.434 e. The summed E-state index contributed by atoms with van der Waals surface area (Å²) in [5, 5.41) is 3.43. The van der Waals surface area contributed by atoms with Gasteiger partial charge in [0.2, 0.25) is 5.28 Å². The summed E-state index contributed by atoms with van der Waals surface area (Å²) in [5.41, 5.74) is 0.538. The molecule has 10 heteroatoms. The molecule has 0 bridgehead atoms. The summed E-state index contributed by atoms with van der Waals surface area (Å²) in [7, 11) is 1.52. The number of nitrogens with one attached hydrogen (secondary N) is 1. The number of benzene rings is 1. The standard InChI is InChI=1S/C16H12Cl2F3N5/c1-26-8-12(16(19,20)21)24-14(26)10-4-2-9(3-5-10)6-22-13-11(17)7-23-15(18)25-13/h2-5,7-8H,6H2,1H3,(H,22,23,25). The molecule has 2 aromatic heterocycles. The Morgan fingerprint density at radius 2 is 1.81 bits per heavy atom. The van der Waals surface area contributed by atoms with Crippen LogP contribution in [0.3, 0.4) is 0 Å². The zero-order valence-corrected chi connectivity index (χ0v) is 14.9. The minimum atomic E-state index is -4.47. The van der Waals surface area contributed by atoms with Crippen LogP contribution >= 0.6 is 23.2 Å². The molecule has 0 radical (unpaired) electrons. The number of anilines is 1. The van der Waals surface area contributed by atoms with Gasteiger partial charge in [0.05, 0.1) is 6.20 Å². The van der Waals surface area contributed by atoms with E-state index in [1.54, 1.807) is 24.3 Å². The molecule has 26 heavy (non-hydrogen) atoms. The second-order valence-corrected chi connectivity index (χ2v) is 6.19. The first kappa shape index (κ1) is 18.5. The lowest BCUT2D eigenvalue weighted by Gasteiger charge is -2.08. The van der Waals surface area contributed by atoms with Gasteiger partial charge in [-0.3, -0.25) is 0 Å². The van der Waals surface area contributed by atoms with E-state index < -0.39 is 11.9 Å². The first-order valence-corrected chi connectivity index (χ1v) is 8.11. The molecule has 1 aromatic carbocycles. The topological polar surface area (TPSA) is 55.6 Å². The van der Waals surface area contributed by atoms with Crippen molar-refractivity contribution in [1.29, 1.82) is 0 Å². The highest BCUT2D eigenvalue weighted by Gasteiger charge is 2.34. The molecule has 0 aliphatic heterocycles. The molecule has 0 amide bonds. The van der Waals surface area contributed by atoms with Crippen molar-refractivity contribution >= 4 is 29.0 Å². The molecule has 0 saturated heterocycles. The van der Waals surface area contributed by atoms with E-state index >= 15 is 0 Å². The second kappa shape index (κ2) is 7.13. The summed E-state index contributed by atoms with van der Waals surface area (Å²) in [4.78, 5) is 11.4. The summed E-state index contributed by atoms with van der Waals surface area (Å²) in [6.45, 7) is 0.404. The molecule has 0 unspecified atom stereocenters. The second-order valence-electron chi connectivity index (χ2n) is 5.44. The number of imidazole rings is 1. The summed E-state index contributed by atoms with van der Waals surface area (Å²) >= 11 is 11.7. The Balaban J connectivity index is 1.75. The van der Waals surface area contributed by atoms with E-state index in [9.17, 15) is 13.2 Å². The van der Waals surface area contributed by atoms with Crippen LogP contribution in [-0.4, -0.2) is 19.5 Å². The lowest BCUT2D eigenvalue weighted by molar-refractivity contribution is -0.140. The molecule has 3 aromatic rings. The Morgan fingerprint density at radius 1 is 1.12 bits per heavy atom. The van der Waals surface area contributed by atoms with Crippen molar-refractivity contribution in [3.8, 4) is 11.4 Å². The van der Waals surface area contributed by atoms with Crippen molar-refractivity contribution in [2.75, 3.05) is 5.32 Å². The van der Waals surface area contributed by atoms with Crippen LogP contribution in [0.5, 0.6) is 0 Å². The van der Waals surface area contributed by atoms with Crippen LogP contribution < -0.4 is 5.32 Å². The van der Waals surface area contributed by atoms with Crippen molar-refractivity contribution < 1.29 is 13.2 Å². The van der Waals surface area contributed by atoms with E-state index in [2.05, 4.69) is 20.3 Å². The lowest BCUT2D eigenvalue weighted by Crippen LogP contribution is -2.05. The Morgan fingerprint density at radius 3 is 2.42 bits per heavy atom. The highest BCUT2D eigenvalue weighted by atomic mass is 35.5. The normalized spacial score (nSPS) is 11.6. The number of rotatable bonds is 4. The number of halogens is 5. The lowest BCUT2D eigenvalue weighted by atomic mass is 10.1. The molecule has 5 nitrogen and oxygen atoms in total. The Bertz CT molecular complexity index is 923. The zero-order valence-electron chi connectivity index (χ0n) is 13.3. The highest BCUT2D eigenvalue weighted by molar-refractivity contribution is 6.33. The van der Waals surface area contributed by atoms with Gasteiger partial charge in [0.25, 0.3) is 0 Å². The van der Waals surface area contributed by atoms with Crippen LogP contribution in [0.2, 0.25) is 10.3 Å². The van der Waals surface area contributed by atoms with Crippen LogP contribution in [0.4, 0.5) is 19.0 Å². The molecule has 0 spiro atoms. The van der Waals surface area contributed by atoms with E-state index in [1.807, 2.05) is 0 Å². The Kier molecular flexibility index (Phi) is 5.06. The van der Waals surface area contributed by atoms with Crippen molar-refractivity contribution in [1.82, 2.24) is 19.5 Å². The zero-order chi connectivity index (χ0) is 18.9. The maximum atomic E-state index is 12.8. The average molecular weight is 402 g/mol. The van der Waals surface area contributed by atoms with Gasteiger partial charge in [-0.25, -0.2) is 9.97 Å². The summed E-state index contributed by atoms with van der Waals surface area (Å²) < 4.78 is 39.7. The molecular formula is C16H12Cl2F3N5. The molecule has 0 aliphatic rings.